The number of nitroso groups, excluding NO2 is 1. The fraction of sp³-hybridized carbons (Fsp3) is 0.163. The molecule has 2 N–H and O–H groups in total. The van der Waals surface area contributed by atoms with E-state index in [1.165, 1.54) is 22.3 Å². The normalized spacial score (nSPS) is 12.6. The van der Waals surface area contributed by atoms with Crippen LogP contribution in [-0.2, 0) is 10.2 Å². The van der Waals surface area contributed by atoms with Crippen LogP contribution in [0.1, 0.15) is 22.3 Å². The average molecular weight is 647 g/mol. The Bertz CT molecular complexity index is 2000. The number of nitrogens with zero attached hydrogens (tertiary/aromatic N) is 1. The molecule has 6 aromatic carbocycles. The van der Waals surface area contributed by atoms with Crippen LogP contribution in [0.5, 0.6) is 11.5 Å². The molecule has 0 saturated carbocycles. The molecule has 0 aromatic heterocycles. The summed E-state index contributed by atoms with van der Waals surface area (Å²) in [6, 6.07) is 51.0. The van der Waals surface area contributed by atoms with Crippen molar-refractivity contribution in [3.05, 3.63) is 173 Å². The summed E-state index contributed by atoms with van der Waals surface area (Å²) in [4.78, 5) is 10.9. The Morgan fingerprint density at radius 2 is 1.00 bits per heavy atom. The molecule has 0 radical (unpaired) electrons. The molecule has 1 aliphatic carbocycles. The second-order valence-corrected chi connectivity index (χ2v) is 11.9. The Hall–Kier alpha value is -5.56. The molecule has 0 atom stereocenters. The van der Waals surface area contributed by atoms with E-state index in [0.717, 1.165) is 39.1 Å². The predicted octanol–water partition coefficient (Wildman–Crippen LogP) is 8.88. The second kappa shape index (κ2) is 14.7. The Morgan fingerprint density at radius 1 is 0.510 bits per heavy atom. The van der Waals surface area contributed by atoms with Gasteiger partial charge in [0.1, 0.15) is 31.3 Å². The molecule has 0 amide bonds. The van der Waals surface area contributed by atoms with Gasteiger partial charge in [-0.15, -0.1) is 0 Å². The second-order valence-electron chi connectivity index (χ2n) is 11.9. The van der Waals surface area contributed by atoms with Gasteiger partial charge in [-0.05, 0) is 68.8 Å². The van der Waals surface area contributed by atoms with Crippen molar-refractivity contribution >= 4 is 0 Å². The van der Waals surface area contributed by atoms with Crippen molar-refractivity contribution in [2.24, 2.45) is 10.9 Å². The van der Waals surface area contributed by atoms with Crippen LogP contribution in [-0.4, -0.2) is 39.5 Å². The molecule has 244 valence electrons. The Labute approximate surface area is 287 Å². The fourth-order valence-corrected chi connectivity index (χ4v) is 7.08. The summed E-state index contributed by atoms with van der Waals surface area (Å²) in [6.07, 6.45) is 0. The molecule has 6 nitrogen and oxygen atoms in total. The van der Waals surface area contributed by atoms with Gasteiger partial charge >= 0.3 is 0 Å². The van der Waals surface area contributed by atoms with Crippen molar-refractivity contribution in [2.75, 3.05) is 39.5 Å². The molecule has 0 spiro atoms. The van der Waals surface area contributed by atoms with E-state index in [4.69, 9.17) is 19.9 Å². The summed E-state index contributed by atoms with van der Waals surface area (Å²) in [6.45, 7) is 2.13. The van der Waals surface area contributed by atoms with E-state index in [0.29, 0.717) is 32.1 Å². The van der Waals surface area contributed by atoms with Crippen LogP contribution in [0.4, 0.5) is 0 Å². The molecule has 0 unspecified atom stereocenters. The lowest BCUT2D eigenvalue weighted by Crippen LogP contribution is -2.29. The zero-order valence-corrected chi connectivity index (χ0v) is 27.3. The minimum Gasteiger partial charge on any atom is -0.491 e. The van der Waals surface area contributed by atoms with Crippen molar-refractivity contribution in [3.8, 4) is 44.9 Å². The van der Waals surface area contributed by atoms with Gasteiger partial charge in [0.2, 0.25) is 0 Å². The maximum absolute atomic E-state index is 10.9. The minimum atomic E-state index is -0.661. The number of benzene rings is 6. The van der Waals surface area contributed by atoms with Gasteiger partial charge in [-0.1, -0.05) is 127 Å². The first kappa shape index (κ1) is 32.0. The summed E-state index contributed by atoms with van der Waals surface area (Å²) in [5.74, 6) is 1.50. The molecule has 7 rings (SSSR count). The molecule has 6 heteroatoms. The standard InChI is InChI=1S/C43H38N2O4/c44-23-25-47-27-28-49-42-22-20-34(30-38(42)32-13-5-2-6-14-32)43(39-17-9-7-15-35(39)36-16-8-10-18-40(36)43)33-19-21-41(48-26-24-45-46)37(29-33)31-11-3-1-4-12-31/h1-22,29-30H,23-28,44H2. The Balaban J connectivity index is 1.47. The van der Waals surface area contributed by atoms with Gasteiger partial charge in [0.25, 0.3) is 0 Å². The highest BCUT2D eigenvalue weighted by atomic mass is 16.5. The largest absolute Gasteiger partial charge is 0.491 e. The van der Waals surface area contributed by atoms with Crippen molar-refractivity contribution in [1.82, 2.24) is 0 Å². The first-order valence-electron chi connectivity index (χ1n) is 16.7. The van der Waals surface area contributed by atoms with Crippen LogP contribution in [0.2, 0.25) is 0 Å². The van der Waals surface area contributed by atoms with Crippen LogP contribution < -0.4 is 15.2 Å². The number of rotatable bonds is 14. The quantitative estimate of drug-likeness (QED) is 0.0943. The monoisotopic (exact) mass is 646 g/mol. The maximum Gasteiger partial charge on any atom is 0.127 e. The van der Waals surface area contributed by atoms with Crippen LogP contribution in [0.3, 0.4) is 0 Å². The zero-order chi connectivity index (χ0) is 33.5. The van der Waals surface area contributed by atoms with Crippen molar-refractivity contribution in [2.45, 2.75) is 5.41 Å². The topological polar surface area (TPSA) is 83.1 Å². The molecule has 49 heavy (non-hydrogen) atoms. The summed E-state index contributed by atoms with van der Waals surface area (Å²) >= 11 is 0. The van der Waals surface area contributed by atoms with Crippen LogP contribution >= 0.6 is 0 Å². The van der Waals surface area contributed by atoms with Crippen LogP contribution in [0, 0.1) is 4.91 Å². The maximum atomic E-state index is 10.9. The van der Waals surface area contributed by atoms with E-state index >= 15 is 0 Å². The first-order valence-corrected chi connectivity index (χ1v) is 16.7. The van der Waals surface area contributed by atoms with Gasteiger partial charge in [0, 0.05) is 17.7 Å². The molecule has 0 saturated heterocycles. The van der Waals surface area contributed by atoms with E-state index in [2.05, 4.69) is 120 Å². The molecule has 1 aliphatic rings. The number of hydrogen-bond donors (Lipinski definition) is 1. The van der Waals surface area contributed by atoms with E-state index in [-0.39, 0.29) is 13.2 Å². The van der Waals surface area contributed by atoms with E-state index in [1.807, 2.05) is 30.3 Å². The molecule has 0 fully saturated rings. The van der Waals surface area contributed by atoms with Crippen molar-refractivity contribution in [3.63, 3.8) is 0 Å². The highest BCUT2D eigenvalue weighted by Gasteiger charge is 2.46. The van der Waals surface area contributed by atoms with E-state index < -0.39 is 5.41 Å². The smallest absolute Gasteiger partial charge is 0.127 e. The third-order valence-electron chi connectivity index (χ3n) is 9.13. The third-order valence-corrected chi connectivity index (χ3v) is 9.13. The summed E-state index contributed by atoms with van der Waals surface area (Å²) in [5.41, 5.74) is 16.0. The molecular formula is C43H38N2O4. The Morgan fingerprint density at radius 3 is 1.51 bits per heavy atom. The highest BCUT2D eigenvalue weighted by molar-refractivity contribution is 5.88. The Kier molecular flexibility index (Phi) is 9.60. The van der Waals surface area contributed by atoms with E-state index in [1.54, 1.807) is 0 Å². The van der Waals surface area contributed by atoms with Gasteiger partial charge in [-0.2, -0.15) is 4.91 Å². The lowest BCUT2D eigenvalue weighted by molar-refractivity contribution is 0.106. The number of nitrogens with two attached hydrogens (primary N) is 1. The molecule has 6 aromatic rings. The predicted molar refractivity (Wildman–Crippen MR) is 196 cm³/mol. The summed E-state index contributed by atoms with van der Waals surface area (Å²) in [7, 11) is 0. The fourth-order valence-electron chi connectivity index (χ4n) is 7.08. The van der Waals surface area contributed by atoms with Crippen LogP contribution in [0.15, 0.2) is 151 Å². The number of ether oxygens (including phenoxy) is 3. The zero-order valence-electron chi connectivity index (χ0n) is 27.3. The molecular weight excluding hydrogens is 608 g/mol. The minimum absolute atomic E-state index is 0.0799. The van der Waals surface area contributed by atoms with Crippen molar-refractivity contribution < 1.29 is 14.2 Å². The first-order chi connectivity index (χ1) is 24.3. The number of fused-ring (bicyclic) bond motifs is 3. The molecule has 0 bridgehead atoms. The highest BCUT2D eigenvalue weighted by Crippen LogP contribution is 2.57. The average Bonchev–Trinajstić information content (AvgIpc) is 3.47. The van der Waals surface area contributed by atoms with Gasteiger partial charge in [0.05, 0.1) is 18.6 Å². The van der Waals surface area contributed by atoms with Crippen molar-refractivity contribution in [1.29, 1.82) is 0 Å². The lowest BCUT2D eigenvalue weighted by atomic mass is 9.67. The van der Waals surface area contributed by atoms with Gasteiger partial charge in [0.15, 0.2) is 0 Å². The summed E-state index contributed by atoms with van der Waals surface area (Å²) < 4.78 is 18.1. The third kappa shape index (κ3) is 6.13. The van der Waals surface area contributed by atoms with E-state index in [9.17, 15) is 4.91 Å². The lowest BCUT2D eigenvalue weighted by Gasteiger charge is -2.35. The van der Waals surface area contributed by atoms with Gasteiger partial charge in [-0.3, -0.25) is 0 Å². The number of hydrogen-bond acceptors (Lipinski definition) is 6. The van der Waals surface area contributed by atoms with Gasteiger partial charge < -0.3 is 19.9 Å². The van der Waals surface area contributed by atoms with Crippen LogP contribution in [0.25, 0.3) is 33.4 Å². The summed E-state index contributed by atoms with van der Waals surface area (Å²) in [5, 5.41) is 3.01. The molecule has 0 aliphatic heterocycles. The SMILES string of the molecule is NCCOCCOc1ccc(C2(c3ccc(OCCN=O)c(-c4ccccc4)c3)c3ccccc3-c3ccccc32)cc1-c1ccccc1. The van der Waals surface area contributed by atoms with Gasteiger partial charge in [-0.25, -0.2) is 0 Å². The molecule has 0 heterocycles.